The van der Waals surface area contributed by atoms with Gasteiger partial charge in [-0.3, -0.25) is 29.0 Å². The molecule has 0 heterocycles. The molecule has 0 fully saturated rings. The van der Waals surface area contributed by atoms with Gasteiger partial charge < -0.3 is 38.2 Å². The van der Waals surface area contributed by atoms with Crippen LogP contribution in [0.25, 0.3) is 0 Å². The Balaban J connectivity index is -0.000000602. The smallest absolute Gasteiger partial charge is 0.317 e. The topological polar surface area (TPSA) is 257 Å². The number of nitrogens with zero attached hydrogens (tertiary/aromatic N) is 2. The Bertz CT molecular complexity index is 323. The lowest BCUT2D eigenvalue weighted by molar-refractivity contribution is -0.145. The molecule has 138 valence electrons. The molecule has 0 spiro atoms. The normalized spacial score (nSPS) is 9.30. The van der Waals surface area contributed by atoms with Crippen LogP contribution in [0.1, 0.15) is 0 Å². The van der Waals surface area contributed by atoms with Gasteiger partial charge in [-0.25, -0.2) is 0 Å². The van der Waals surface area contributed by atoms with Crippen molar-refractivity contribution in [2.75, 3.05) is 39.3 Å². The van der Waals surface area contributed by atoms with Gasteiger partial charge in [0, 0.05) is 13.1 Å². The highest BCUT2D eigenvalue weighted by Gasteiger charge is 2.17. The van der Waals surface area contributed by atoms with Gasteiger partial charge in [-0.2, -0.15) is 0 Å². The lowest BCUT2D eigenvalue weighted by atomic mass is 10.4. The first kappa shape index (κ1) is 28.8. The van der Waals surface area contributed by atoms with Crippen molar-refractivity contribution in [3.8, 4) is 0 Å². The third-order valence-electron chi connectivity index (χ3n) is 2.17. The van der Waals surface area contributed by atoms with Gasteiger partial charge in [0.05, 0.1) is 26.2 Å². The summed E-state index contributed by atoms with van der Waals surface area (Å²) in [6, 6.07) is 0. The van der Waals surface area contributed by atoms with E-state index in [9.17, 15) is 19.2 Å². The third-order valence-corrected chi connectivity index (χ3v) is 2.17. The Morgan fingerprint density at radius 3 is 0.870 bits per heavy atom. The molecule has 0 amide bonds. The molecule has 0 aromatic heterocycles. The highest BCUT2D eigenvalue weighted by Crippen LogP contribution is 1.94. The van der Waals surface area contributed by atoms with Crippen LogP contribution in [0, 0.1) is 0 Å². The molecule has 0 radical (unpaired) electrons. The van der Waals surface area contributed by atoms with Gasteiger partial charge in [-0.15, -0.1) is 0 Å². The summed E-state index contributed by atoms with van der Waals surface area (Å²) in [5.74, 6) is -4.91. The number of hydrogen-bond acceptors (Lipinski definition) is 8. The summed E-state index contributed by atoms with van der Waals surface area (Å²) >= 11 is 0. The minimum absolute atomic E-state index is 0. The molecule has 0 bridgehead atoms. The first-order valence-electron chi connectivity index (χ1n) is 5.52. The van der Waals surface area contributed by atoms with E-state index in [1.54, 1.807) is 0 Å². The van der Waals surface area contributed by atoms with Crippen molar-refractivity contribution in [3.63, 3.8) is 0 Å². The largest absolute Gasteiger partial charge is 0.480 e. The van der Waals surface area contributed by atoms with E-state index in [-0.39, 0.29) is 30.9 Å². The van der Waals surface area contributed by atoms with Gasteiger partial charge in [0.25, 0.3) is 0 Å². The molecule has 23 heavy (non-hydrogen) atoms. The summed E-state index contributed by atoms with van der Waals surface area (Å²) in [7, 11) is 0. The second kappa shape index (κ2) is 14.6. The molecule has 0 aliphatic carbocycles. The summed E-state index contributed by atoms with van der Waals surface area (Å²) < 4.78 is 0. The second-order valence-electron chi connectivity index (χ2n) is 4.00. The highest BCUT2D eigenvalue weighted by molar-refractivity contribution is 5.73. The first-order chi connectivity index (χ1) is 9.20. The summed E-state index contributed by atoms with van der Waals surface area (Å²) in [4.78, 5) is 44.4. The molecule has 0 aromatic carbocycles. The molecule has 0 aliphatic rings. The van der Waals surface area contributed by atoms with Crippen molar-refractivity contribution in [3.05, 3.63) is 0 Å². The van der Waals surface area contributed by atoms with Crippen molar-refractivity contribution >= 4 is 23.9 Å². The maximum Gasteiger partial charge on any atom is 0.317 e. The predicted molar refractivity (Wildman–Crippen MR) is 77.1 cm³/mol. The lowest BCUT2D eigenvalue weighted by Crippen LogP contribution is -2.43. The van der Waals surface area contributed by atoms with Crippen LogP contribution in [0.3, 0.4) is 0 Å². The minimum Gasteiger partial charge on any atom is -0.480 e. The molecule has 12 N–H and O–H groups in total. The van der Waals surface area contributed by atoms with E-state index < -0.39 is 50.1 Å². The zero-order chi connectivity index (χ0) is 15.7. The highest BCUT2D eigenvalue weighted by atomic mass is 16.4. The first-order valence-corrected chi connectivity index (χ1v) is 5.52. The Kier molecular flexibility index (Phi) is 18.3. The fraction of sp³-hybridized carbons (Fsp3) is 0.600. The van der Waals surface area contributed by atoms with E-state index in [0.29, 0.717) is 0 Å². The van der Waals surface area contributed by atoms with E-state index >= 15 is 0 Å². The van der Waals surface area contributed by atoms with Crippen molar-refractivity contribution in [1.29, 1.82) is 0 Å². The molecule has 0 saturated carbocycles. The van der Waals surface area contributed by atoms with Gasteiger partial charge in [0.15, 0.2) is 0 Å². The van der Waals surface area contributed by atoms with Crippen molar-refractivity contribution in [2.45, 2.75) is 0 Å². The van der Waals surface area contributed by atoms with Gasteiger partial charge in [-0.1, -0.05) is 0 Å². The van der Waals surface area contributed by atoms with Gasteiger partial charge in [0.2, 0.25) is 0 Å². The molecule has 0 atom stereocenters. The molecular formula is C10H24N4O9. The standard InChI is InChI=1S/C10H16N2O8.2H3N.H2O/c13-7(14)3-11(4-8(15)16)1-2-12(5-9(17)18)6-10(19)20;;;/h1-6H2,(H,13,14)(H,15,16)(H,17,18)(H,19,20);2*1H3;1H2. The van der Waals surface area contributed by atoms with Crippen LogP contribution < -0.4 is 12.3 Å². The Hall–Kier alpha value is -2.32. The van der Waals surface area contributed by atoms with E-state index in [1.807, 2.05) is 0 Å². The van der Waals surface area contributed by atoms with Crippen LogP contribution in [-0.2, 0) is 19.2 Å². The summed E-state index contributed by atoms with van der Waals surface area (Å²) in [6.45, 7) is -2.25. The van der Waals surface area contributed by atoms with Crippen LogP contribution in [0.4, 0.5) is 0 Å². The fourth-order valence-corrected chi connectivity index (χ4v) is 1.48. The van der Waals surface area contributed by atoms with Crippen LogP contribution in [0.2, 0.25) is 0 Å². The van der Waals surface area contributed by atoms with E-state index in [0.717, 1.165) is 9.80 Å². The third kappa shape index (κ3) is 17.6. The average molecular weight is 344 g/mol. The molecule has 0 aromatic rings. The van der Waals surface area contributed by atoms with Crippen molar-refractivity contribution in [2.24, 2.45) is 0 Å². The van der Waals surface area contributed by atoms with Gasteiger partial charge in [-0.05, 0) is 0 Å². The maximum atomic E-state index is 10.6. The Morgan fingerprint density at radius 1 is 0.565 bits per heavy atom. The van der Waals surface area contributed by atoms with Gasteiger partial charge >= 0.3 is 23.9 Å². The molecule has 13 nitrogen and oxygen atoms in total. The zero-order valence-electron chi connectivity index (χ0n) is 12.5. The SMILES string of the molecule is N.N.O.O=C(O)CN(CCN(CC(=O)O)CC(=O)O)CC(=O)O. The number of hydrogen-bond donors (Lipinski definition) is 6. The Morgan fingerprint density at radius 2 is 0.739 bits per heavy atom. The van der Waals surface area contributed by atoms with Crippen LogP contribution >= 0.6 is 0 Å². The molecule has 13 heteroatoms. The quantitative estimate of drug-likeness (QED) is 0.226. The Labute approximate surface area is 131 Å². The zero-order valence-corrected chi connectivity index (χ0v) is 12.5. The molecule has 0 rings (SSSR count). The summed E-state index contributed by atoms with van der Waals surface area (Å²) in [6.07, 6.45) is 0. The second-order valence-corrected chi connectivity index (χ2v) is 4.00. The molecule has 0 saturated heterocycles. The maximum absolute atomic E-state index is 10.6. The number of carboxylic acid groups (broad SMARTS) is 4. The lowest BCUT2D eigenvalue weighted by Gasteiger charge is -2.23. The minimum atomic E-state index is -1.23. The van der Waals surface area contributed by atoms with Crippen molar-refractivity contribution < 1.29 is 45.1 Å². The van der Waals surface area contributed by atoms with E-state index in [1.165, 1.54) is 0 Å². The van der Waals surface area contributed by atoms with Gasteiger partial charge in [0.1, 0.15) is 0 Å². The average Bonchev–Trinajstić information content (AvgIpc) is 2.22. The molecular weight excluding hydrogens is 320 g/mol. The van der Waals surface area contributed by atoms with E-state index in [4.69, 9.17) is 20.4 Å². The molecule has 0 aliphatic heterocycles. The predicted octanol–water partition coefficient (Wildman–Crippen LogP) is -2.57. The molecule has 0 unspecified atom stereocenters. The fourth-order valence-electron chi connectivity index (χ4n) is 1.48. The summed E-state index contributed by atoms with van der Waals surface area (Å²) in [5, 5.41) is 34.5. The van der Waals surface area contributed by atoms with Crippen LogP contribution in [0.15, 0.2) is 0 Å². The number of aliphatic carboxylic acids is 4. The number of carbonyl (C=O) groups is 4. The summed E-state index contributed by atoms with van der Waals surface area (Å²) in [5.41, 5.74) is 0. The number of carboxylic acids is 4. The number of rotatable bonds is 11. The van der Waals surface area contributed by atoms with Crippen molar-refractivity contribution in [1.82, 2.24) is 22.1 Å². The monoisotopic (exact) mass is 344 g/mol. The van der Waals surface area contributed by atoms with Crippen LogP contribution in [-0.4, -0.2) is 98.8 Å². The van der Waals surface area contributed by atoms with Crippen LogP contribution in [0.5, 0.6) is 0 Å². The van der Waals surface area contributed by atoms with E-state index in [2.05, 4.69) is 0 Å².